The lowest BCUT2D eigenvalue weighted by molar-refractivity contribution is 0.1000. The van der Waals surface area contributed by atoms with Crippen LogP contribution in [0.5, 0.6) is 5.75 Å². The van der Waals surface area contributed by atoms with Crippen LogP contribution in [0.3, 0.4) is 0 Å². The highest BCUT2D eigenvalue weighted by Crippen LogP contribution is 2.18. The third-order valence-corrected chi connectivity index (χ3v) is 2.89. The molecular formula is C15H15FN2O2. The quantitative estimate of drug-likeness (QED) is 0.880. The minimum absolute atomic E-state index is 0.160. The van der Waals surface area contributed by atoms with Gasteiger partial charge >= 0.3 is 0 Å². The van der Waals surface area contributed by atoms with Crippen molar-refractivity contribution in [1.82, 2.24) is 0 Å². The summed E-state index contributed by atoms with van der Waals surface area (Å²) >= 11 is 0. The Hall–Kier alpha value is -2.56. The molecule has 0 fully saturated rings. The highest BCUT2D eigenvalue weighted by Gasteiger charge is 2.07. The summed E-state index contributed by atoms with van der Waals surface area (Å²) in [6, 6.07) is 11.5. The van der Waals surface area contributed by atoms with Gasteiger partial charge in [-0.3, -0.25) is 4.79 Å². The monoisotopic (exact) mass is 274 g/mol. The molecular weight excluding hydrogens is 259 g/mol. The maximum Gasteiger partial charge on any atom is 0.248 e. The first kappa shape index (κ1) is 13.9. The van der Waals surface area contributed by atoms with Gasteiger partial charge in [-0.2, -0.15) is 0 Å². The Morgan fingerprint density at radius 2 is 2.10 bits per heavy atom. The summed E-state index contributed by atoms with van der Waals surface area (Å²) in [6.07, 6.45) is 0. The molecule has 20 heavy (non-hydrogen) atoms. The largest absolute Gasteiger partial charge is 0.497 e. The standard InChI is InChI=1S/C15H15FN2O2/c1-20-13-4-2-3-12(8-13)18-9-11-6-5-10(15(17)19)7-14(11)16/h2-8,18H,9H2,1H3,(H2,17,19). The second kappa shape index (κ2) is 6.06. The Morgan fingerprint density at radius 1 is 1.30 bits per heavy atom. The molecule has 0 aliphatic carbocycles. The first-order valence-electron chi connectivity index (χ1n) is 6.06. The second-order valence-corrected chi connectivity index (χ2v) is 4.26. The molecule has 4 nitrogen and oxygen atoms in total. The third kappa shape index (κ3) is 3.26. The molecule has 0 bridgehead atoms. The number of primary amides is 1. The fourth-order valence-electron chi connectivity index (χ4n) is 1.77. The lowest BCUT2D eigenvalue weighted by Gasteiger charge is -2.09. The zero-order chi connectivity index (χ0) is 14.5. The summed E-state index contributed by atoms with van der Waals surface area (Å²) in [6.45, 7) is 0.304. The number of anilines is 1. The molecule has 0 aliphatic rings. The van der Waals surface area contributed by atoms with Gasteiger partial charge in [0.15, 0.2) is 0 Å². The lowest BCUT2D eigenvalue weighted by atomic mass is 10.1. The molecule has 2 aromatic rings. The Balaban J connectivity index is 2.08. The zero-order valence-electron chi connectivity index (χ0n) is 11.0. The first-order valence-corrected chi connectivity index (χ1v) is 6.06. The van der Waals surface area contributed by atoms with Crippen LogP contribution in [-0.2, 0) is 6.54 Å². The van der Waals surface area contributed by atoms with Gasteiger partial charge in [0.25, 0.3) is 0 Å². The highest BCUT2D eigenvalue weighted by atomic mass is 19.1. The minimum atomic E-state index is -0.642. The summed E-state index contributed by atoms with van der Waals surface area (Å²) < 4.78 is 18.9. The smallest absolute Gasteiger partial charge is 0.248 e. The van der Waals surface area contributed by atoms with Crippen molar-refractivity contribution in [3.8, 4) is 5.75 Å². The predicted molar refractivity (Wildman–Crippen MR) is 75.2 cm³/mol. The van der Waals surface area contributed by atoms with E-state index in [2.05, 4.69) is 5.32 Å². The van der Waals surface area contributed by atoms with Crippen molar-refractivity contribution >= 4 is 11.6 Å². The van der Waals surface area contributed by atoms with E-state index in [1.807, 2.05) is 24.3 Å². The van der Waals surface area contributed by atoms with E-state index >= 15 is 0 Å². The van der Waals surface area contributed by atoms with Crippen LogP contribution in [0.2, 0.25) is 0 Å². The van der Waals surface area contributed by atoms with E-state index in [4.69, 9.17) is 10.5 Å². The van der Waals surface area contributed by atoms with E-state index in [1.54, 1.807) is 13.2 Å². The molecule has 3 N–H and O–H groups in total. The van der Waals surface area contributed by atoms with Crippen LogP contribution in [-0.4, -0.2) is 13.0 Å². The number of methoxy groups -OCH3 is 1. The lowest BCUT2D eigenvalue weighted by Crippen LogP contribution is -2.12. The topological polar surface area (TPSA) is 64.3 Å². The average Bonchev–Trinajstić information content (AvgIpc) is 2.46. The van der Waals surface area contributed by atoms with Gasteiger partial charge in [-0.05, 0) is 24.3 Å². The molecule has 104 valence electrons. The normalized spacial score (nSPS) is 10.1. The van der Waals surface area contributed by atoms with Crippen molar-refractivity contribution in [3.63, 3.8) is 0 Å². The molecule has 5 heteroatoms. The van der Waals surface area contributed by atoms with Gasteiger partial charge in [-0.15, -0.1) is 0 Å². The van der Waals surface area contributed by atoms with E-state index in [1.165, 1.54) is 6.07 Å². The number of rotatable bonds is 5. The fourth-order valence-corrected chi connectivity index (χ4v) is 1.77. The number of benzene rings is 2. The zero-order valence-corrected chi connectivity index (χ0v) is 11.0. The van der Waals surface area contributed by atoms with Crippen molar-refractivity contribution in [1.29, 1.82) is 0 Å². The Bertz CT molecular complexity index is 629. The molecule has 0 unspecified atom stereocenters. The average molecular weight is 274 g/mol. The minimum Gasteiger partial charge on any atom is -0.497 e. The van der Waals surface area contributed by atoms with E-state index in [9.17, 15) is 9.18 Å². The molecule has 0 atom stereocenters. The van der Waals surface area contributed by atoms with Gasteiger partial charge in [0.05, 0.1) is 7.11 Å². The van der Waals surface area contributed by atoms with Crippen molar-refractivity contribution in [2.75, 3.05) is 12.4 Å². The molecule has 0 saturated heterocycles. The van der Waals surface area contributed by atoms with Gasteiger partial charge in [0, 0.05) is 29.4 Å². The van der Waals surface area contributed by atoms with Gasteiger partial charge in [-0.25, -0.2) is 4.39 Å². The van der Waals surface area contributed by atoms with Gasteiger partial charge in [0.1, 0.15) is 11.6 Å². The number of amides is 1. The molecule has 2 aromatic carbocycles. The highest BCUT2D eigenvalue weighted by molar-refractivity contribution is 5.92. The van der Waals surface area contributed by atoms with E-state index in [0.29, 0.717) is 12.1 Å². The summed E-state index contributed by atoms with van der Waals surface area (Å²) in [5.41, 5.74) is 6.53. The van der Waals surface area contributed by atoms with Crippen LogP contribution >= 0.6 is 0 Å². The first-order chi connectivity index (χ1) is 9.60. The number of hydrogen-bond donors (Lipinski definition) is 2. The van der Waals surface area contributed by atoms with Crippen molar-refractivity contribution in [2.45, 2.75) is 6.54 Å². The number of halogens is 1. The van der Waals surface area contributed by atoms with Crippen LogP contribution in [0.4, 0.5) is 10.1 Å². The molecule has 0 aromatic heterocycles. The maximum absolute atomic E-state index is 13.8. The van der Waals surface area contributed by atoms with E-state index in [-0.39, 0.29) is 5.56 Å². The van der Waals surface area contributed by atoms with Gasteiger partial charge in [0.2, 0.25) is 5.91 Å². The molecule has 0 spiro atoms. The summed E-state index contributed by atoms with van der Waals surface area (Å²) in [5, 5.41) is 3.09. The summed E-state index contributed by atoms with van der Waals surface area (Å²) in [7, 11) is 1.58. The van der Waals surface area contributed by atoms with Crippen molar-refractivity contribution in [3.05, 3.63) is 59.4 Å². The SMILES string of the molecule is COc1cccc(NCc2ccc(C(N)=O)cc2F)c1. The van der Waals surface area contributed by atoms with Crippen LogP contribution in [0, 0.1) is 5.82 Å². The molecule has 0 heterocycles. The fraction of sp³-hybridized carbons (Fsp3) is 0.133. The van der Waals surface area contributed by atoms with Crippen LogP contribution < -0.4 is 15.8 Å². The number of carbonyl (C=O) groups excluding carboxylic acids is 1. The number of nitrogens with two attached hydrogens (primary N) is 1. The van der Waals surface area contributed by atoms with Crippen LogP contribution in [0.25, 0.3) is 0 Å². The number of carbonyl (C=O) groups is 1. The van der Waals surface area contributed by atoms with Crippen molar-refractivity contribution in [2.24, 2.45) is 5.73 Å². The van der Waals surface area contributed by atoms with Gasteiger partial charge < -0.3 is 15.8 Å². The molecule has 0 saturated carbocycles. The molecule has 1 amide bonds. The van der Waals surface area contributed by atoms with E-state index in [0.717, 1.165) is 17.5 Å². The van der Waals surface area contributed by atoms with Gasteiger partial charge in [-0.1, -0.05) is 12.1 Å². The predicted octanol–water partition coefficient (Wildman–Crippen LogP) is 2.55. The Labute approximate surface area is 116 Å². The number of ether oxygens (including phenoxy) is 1. The third-order valence-electron chi connectivity index (χ3n) is 2.89. The Kier molecular flexibility index (Phi) is 4.20. The second-order valence-electron chi connectivity index (χ2n) is 4.26. The van der Waals surface area contributed by atoms with Crippen LogP contribution in [0.1, 0.15) is 15.9 Å². The summed E-state index contributed by atoms with van der Waals surface area (Å²) in [5.74, 6) is -0.382. The maximum atomic E-state index is 13.8. The Morgan fingerprint density at radius 3 is 2.75 bits per heavy atom. The molecule has 0 radical (unpaired) electrons. The molecule has 2 rings (SSSR count). The summed E-state index contributed by atoms with van der Waals surface area (Å²) in [4.78, 5) is 10.9. The number of hydrogen-bond acceptors (Lipinski definition) is 3. The van der Waals surface area contributed by atoms with E-state index < -0.39 is 11.7 Å². The number of nitrogens with one attached hydrogen (secondary N) is 1. The van der Waals surface area contributed by atoms with Crippen LogP contribution in [0.15, 0.2) is 42.5 Å². The van der Waals surface area contributed by atoms with Crippen molar-refractivity contribution < 1.29 is 13.9 Å². The molecule has 0 aliphatic heterocycles.